The average Bonchev–Trinajstić information content (AvgIpc) is 2.62. The summed E-state index contributed by atoms with van der Waals surface area (Å²) in [4.78, 5) is 19.1. The Bertz CT molecular complexity index is 522. The summed E-state index contributed by atoms with van der Waals surface area (Å²) in [5.74, 6) is 0. The van der Waals surface area contributed by atoms with Gasteiger partial charge in [0.05, 0.1) is 21.1 Å². The quantitative estimate of drug-likeness (QED) is 0.0962. The Balaban J connectivity index is 3.78. The van der Waals surface area contributed by atoms with Gasteiger partial charge >= 0.3 is 7.60 Å². The van der Waals surface area contributed by atoms with Crippen molar-refractivity contribution in [2.45, 2.75) is 102 Å². The summed E-state index contributed by atoms with van der Waals surface area (Å²) in [6, 6.07) is 0. The molecule has 6 heteroatoms. The van der Waals surface area contributed by atoms with Gasteiger partial charge in [-0.3, -0.25) is 4.57 Å². The maximum absolute atomic E-state index is 11.7. The summed E-state index contributed by atoms with van der Waals surface area (Å²) < 4.78 is 12.1. The highest BCUT2D eigenvalue weighted by molar-refractivity contribution is 7.53. The largest absolute Gasteiger partial charge is 0.373 e. The van der Waals surface area contributed by atoms with Gasteiger partial charge in [0.2, 0.25) is 5.34 Å². The highest BCUT2D eigenvalue weighted by Gasteiger charge is 2.48. The second-order valence-electron chi connectivity index (χ2n) is 9.65. The van der Waals surface area contributed by atoms with Crippen LogP contribution in [0, 0.1) is 0 Å². The highest BCUT2D eigenvalue weighted by Crippen LogP contribution is 2.52. The van der Waals surface area contributed by atoms with Crippen LogP contribution >= 0.6 is 7.60 Å². The fourth-order valence-corrected chi connectivity index (χ4v) is 4.68. The zero-order chi connectivity index (χ0) is 22.9. The molecule has 0 heterocycles. The van der Waals surface area contributed by atoms with Gasteiger partial charge in [0.15, 0.2) is 0 Å². The van der Waals surface area contributed by atoms with E-state index in [-0.39, 0.29) is 13.0 Å². The fraction of sp³-hybridized carbons (Fsp3) is 0.833. The van der Waals surface area contributed by atoms with Gasteiger partial charge in [-0.1, -0.05) is 63.3 Å². The fourth-order valence-electron chi connectivity index (χ4n) is 3.62. The van der Waals surface area contributed by atoms with Gasteiger partial charge in [-0.15, -0.1) is 0 Å². The Hall–Kier alpha value is -0.450. The average molecular weight is 447 g/mol. The minimum atomic E-state index is -4.56. The van der Waals surface area contributed by atoms with Gasteiger partial charge in [0.1, 0.15) is 6.54 Å². The van der Waals surface area contributed by atoms with Crippen LogP contribution < -0.4 is 0 Å². The molecule has 30 heavy (non-hydrogen) atoms. The van der Waals surface area contributed by atoms with E-state index < -0.39 is 12.9 Å². The molecule has 0 saturated heterocycles. The molecule has 0 radical (unpaired) electrons. The number of nitrogens with zero attached hydrogens (tertiary/aromatic N) is 1. The second-order valence-corrected chi connectivity index (χ2v) is 11.6. The molecule has 178 valence electrons. The number of rotatable bonds is 19. The van der Waals surface area contributed by atoms with E-state index in [0.29, 0.717) is 10.9 Å². The van der Waals surface area contributed by atoms with Crippen molar-refractivity contribution >= 4 is 7.60 Å². The van der Waals surface area contributed by atoms with Crippen molar-refractivity contribution < 1.29 is 23.9 Å². The molecule has 0 aliphatic carbocycles. The summed E-state index contributed by atoms with van der Waals surface area (Å²) in [5.41, 5.74) is 0. The predicted octanol–water partition coefficient (Wildman–Crippen LogP) is 6.15. The van der Waals surface area contributed by atoms with Crippen molar-refractivity contribution in [2.75, 3.05) is 27.7 Å². The molecule has 3 N–H and O–H groups in total. The Kier molecular flexibility index (Phi) is 16.0. The van der Waals surface area contributed by atoms with Gasteiger partial charge < -0.3 is 19.4 Å². The number of unbranched alkanes of at least 4 members (excludes halogenated alkanes) is 10. The van der Waals surface area contributed by atoms with E-state index in [1.807, 2.05) is 21.1 Å². The minimum absolute atomic E-state index is 0.0367. The molecule has 5 nitrogen and oxygen atoms in total. The lowest BCUT2D eigenvalue weighted by Gasteiger charge is -2.35. The van der Waals surface area contributed by atoms with Gasteiger partial charge in [-0.2, -0.15) is 0 Å². The summed E-state index contributed by atoms with van der Waals surface area (Å²) in [7, 11) is 0.910. The van der Waals surface area contributed by atoms with E-state index in [1.165, 1.54) is 64.2 Å². The van der Waals surface area contributed by atoms with Gasteiger partial charge in [0.25, 0.3) is 0 Å². The molecule has 0 amide bonds. The summed E-state index contributed by atoms with van der Waals surface area (Å²) in [5, 5.41) is 8.56. The van der Waals surface area contributed by atoms with Crippen molar-refractivity contribution in [3.8, 4) is 0 Å². The first kappa shape index (κ1) is 29.5. The van der Waals surface area contributed by atoms with E-state index in [2.05, 4.69) is 31.2 Å². The number of likely N-dealkylation sites (N-methyl/N-ethyl adjacent to an activating group) is 1. The van der Waals surface area contributed by atoms with Crippen LogP contribution in [0.25, 0.3) is 0 Å². The third-order valence-corrected chi connectivity index (χ3v) is 6.72. The molecule has 0 aromatic heterocycles. The maximum atomic E-state index is 11.7. The molecule has 1 atom stereocenters. The van der Waals surface area contributed by atoms with Crippen molar-refractivity contribution in [3.05, 3.63) is 24.3 Å². The maximum Gasteiger partial charge on any atom is 0.362 e. The van der Waals surface area contributed by atoms with Crippen LogP contribution in [0.3, 0.4) is 0 Å². The number of hydrogen-bond acceptors (Lipinski definition) is 2. The topological polar surface area (TPSA) is 77.8 Å². The minimum Gasteiger partial charge on any atom is -0.373 e. The summed E-state index contributed by atoms with van der Waals surface area (Å²) in [6.45, 7) is 2.28. The Morgan fingerprint density at radius 2 is 1.13 bits per heavy atom. The standard InChI is InChI=1S/C24H48NO4P/c1-5-6-7-8-9-10-11-12-13-14-15-16-17-18-19-20-21-22-24(26,30(27,28)29)23-25(2,3)4/h10-11,18-19,26H,5-9,12-17,20-23H2,1-4H3,(H-,27,28,29)/p+1/b11-10-,19-18-. The summed E-state index contributed by atoms with van der Waals surface area (Å²) in [6.07, 6.45) is 24.1. The second kappa shape index (κ2) is 16.2. The Morgan fingerprint density at radius 1 is 0.733 bits per heavy atom. The number of aliphatic hydroxyl groups is 1. The van der Waals surface area contributed by atoms with E-state index in [0.717, 1.165) is 12.8 Å². The highest BCUT2D eigenvalue weighted by atomic mass is 31.2. The molecule has 0 aromatic rings. The van der Waals surface area contributed by atoms with E-state index in [4.69, 9.17) is 0 Å². The van der Waals surface area contributed by atoms with Crippen molar-refractivity contribution in [2.24, 2.45) is 0 Å². The van der Waals surface area contributed by atoms with Crippen LogP contribution in [-0.2, 0) is 4.57 Å². The lowest BCUT2D eigenvalue weighted by atomic mass is 10.1. The number of allylic oxidation sites excluding steroid dienone is 4. The van der Waals surface area contributed by atoms with Crippen molar-refractivity contribution in [1.29, 1.82) is 0 Å². The van der Waals surface area contributed by atoms with E-state index >= 15 is 0 Å². The molecule has 1 unspecified atom stereocenters. The van der Waals surface area contributed by atoms with Crippen molar-refractivity contribution in [3.63, 3.8) is 0 Å². The molecule has 0 rings (SSSR count). The monoisotopic (exact) mass is 446 g/mol. The normalized spacial score (nSPS) is 15.3. The lowest BCUT2D eigenvalue weighted by Crippen LogP contribution is -2.49. The first-order valence-electron chi connectivity index (χ1n) is 11.9. The molecule has 0 bridgehead atoms. The number of quaternary nitrogens is 1. The molecular formula is C24H49NO4P+. The van der Waals surface area contributed by atoms with Crippen molar-refractivity contribution in [1.82, 2.24) is 0 Å². The summed E-state index contributed by atoms with van der Waals surface area (Å²) >= 11 is 0. The smallest absolute Gasteiger partial charge is 0.362 e. The molecular weight excluding hydrogens is 397 g/mol. The number of hydrogen-bond donors (Lipinski definition) is 3. The van der Waals surface area contributed by atoms with Gasteiger partial charge in [-0.25, -0.2) is 0 Å². The molecule has 0 aliphatic heterocycles. The first-order valence-corrected chi connectivity index (χ1v) is 13.5. The van der Waals surface area contributed by atoms with Gasteiger partial charge in [0, 0.05) is 0 Å². The van der Waals surface area contributed by atoms with Crippen LogP contribution in [0.1, 0.15) is 96.8 Å². The third kappa shape index (κ3) is 16.3. The van der Waals surface area contributed by atoms with Crippen LogP contribution in [0.4, 0.5) is 0 Å². The van der Waals surface area contributed by atoms with E-state index in [1.54, 1.807) is 0 Å². The third-order valence-electron chi connectivity index (χ3n) is 5.27. The Morgan fingerprint density at radius 3 is 1.50 bits per heavy atom. The van der Waals surface area contributed by atoms with Crippen LogP contribution in [-0.4, -0.2) is 52.4 Å². The van der Waals surface area contributed by atoms with Gasteiger partial charge in [-0.05, 0) is 57.8 Å². The van der Waals surface area contributed by atoms with Crippen LogP contribution in [0.2, 0.25) is 0 Å². The van der Waals surface area contributed by atoms with Crippen LogP contribution in [0.15, 0.2) is 24.3 Å². The van der Waals surface area contributed by atoms with Crippen LogP contribution in [0.5, 0.6) is 0 Å². The Labute approximate surface area is 186 Å². The molecule has 0 fully saturated rings. The zero-order valence-electron chi connectivity index (χ0n) is 20.1. The predicted molar refractivity (Wildman–Crippen MR) is 128 cm³/mol. The molecule has 0 spiro atoms. The van der Waals surface area contributed by atoms with E-state index in [9.17, 15) is 19.5 Å². The SMILES string of the molecule is CCCCCC/C=C\CCCCCC/C=C\CCCC(O)(C[N+](C)(C)C)P(=O)(O)O. The first-order chi connectivity index (χ1) is 14.0. The zero-order valence-corrected chi connectivity index (χ0v) is 21.0. The molecule has 0 aliphatic rings. The molecule has 0 saturated carbocycles. The lowest BCUT2D eigenvalue weighted by molar-refractivity contribution is -0.875. The molecule has 0 aromatic carbocycles.